The van der Waals surface area contributed by atoms with Gasteiger partial charge in [-0.2, -0.15) is 0 Å². The van der Waals surface area contributed by atoms with Crippen LogP contribution in [0.4, 0.5) is 0 Å². The number of H-pyrrole nitrogens is 2. The topological polar surface area (TPSA) is 147 Å². The summed E-state index contributed by atoms with van der Waals surface area (Å²) >= 11 is 0. The van der Waals surface area contributed by atoms with E-state index in [-0.39, 0.29) is 24.0 Å². The molecule has 7 aromatic carbocycles. The lowest BCUT2D eigenvalue weighted by molar-refractivity contribution is 0.0708. The molecule has 0 aliphatic heterocycles. The second-order valence-electron chi connectivity index (χ2n) is 24.9. The Hall–Kier alpha value is -8.12. The predicted molar refractivity (Wildman–Crippen MR) is 355 cm³/mol. The lowest BCUT2D eigenvalue weighted by Gasteiger charge is -2.28. The van der Waals surface area contributed by atoms with Gasteiger partial charge in [-0.25, -0.2) is 9.59 Å². The Morgan fingerprint density at radius 3 is 1.24 bits per heavy atom. The average Bonchev–Trinajstić information content (AvgIpc) is 1.59. The van der Waals surface area contributed by atoms with Gasteiger partial charge in [0.05, 0.1) is 46.4 Å². The Bertz CT molecular complexity index is 3780. The van der Waals surface area contributed by atoms with Crippen molar-refractivity contribution < 1.29 is 46.8 Å². The molecule has 2 N–H and O–H groups in total. The summed E-state index contributed by atoms with van der Waals surface area (Å²) in [6, 6.07) is 42.8. The van der Waals surface area contributed by atoms with E-state index in [0.717, 1.165) is 68.1 Å². The molecule has 2 aliphatic rings. The van der Waals surface area contributed by atoms with Gasteiger partial charge in [0.2, 0.25) is 6.79 Å². The first kappa shape index (κ1) is 62.5. The molecule has 2 aliphatic carbocycles. The van der Waals surface area contributed by atoms with E-state index >= 15 is 0 Å². The second kappa shape index (κ2) is 30.9. The molecule has 0 radical (unpaired) electrons. The molecule has 12 nitrogen and oxygen atoms in total. The number of rotatable bonds is 29. The zero-order valence-electron chi connectivity index (χ0n) is 52.8. The van der Waals surface area contributed by atoms with Gasteiger partial charge >= 0.3 is 11.9 Å². The van der Waals surface area contributed by atoms with Gasteiger partial charge in [-0.15, -0.1) is 0 Å². The number of ether oxygens (including phenoxy) is 6. The summed E-state index contributed by atoms with van der Waals surface area (Å²) < 4.78 is 50.6. The SMILES string of the molecule is CCCCc1ccc(C(=O)Oc2cc3oc4cc5[nH]c6cc(OCOc7ccc(C8CCC(CCCC)CC8)cc7)c(OC(=O)c7ccc(CCCC)cc7)cc6oc5cc4[nH]c3cc2OCCCCOc2ccc(C3CCC(CCCC)CC3)cc2)cc1. The van der Waals surface area contributed by atoms with Crippen LogP contribution in [0, 0.1) is 11.8 Å². The Balaban J connectivity index is 0.814. The average molecular weight is 1200 g/mol. The van der Waals surface area contributed by atoms with Crippen LogP contribution >= 0.6 is 0 Å². The molecule has 89 heavy (non-hydrogen) atoms. The van der Waals surface area contributed by atoms with E-state index in [1.54, 1.807) is 36.4 Å². The third kappa shape index (κ3) is 16.6. The lowest BCUT2D eigenvalue weighted by atomic mass is 9.77. The molecule has 0 amide bonds. The van der Waals surface area contributed by atoms with E-state index in [4.69, 9.17) is 37.3 Å². The normalized spacial score (nSPS) is 16.8. The van der Waals surface area contributed by atoms with Crippen molar-refractivity contribution in [2.24, 2.45) is 11.8 Å². The fraction of sp³-hybridized carbons (Fsp3) is 0.429. The zero-order valence-corrected chi connectivity index (χ0v) is 52.8. The van der Waals surface area contributed by atoms with E-state index in [1.807, 2.05) is 60.7 Å². The van der Waals surface area contributed by atoms with Crippen LogP contribution in [0.1, 0.15) is 211 Å². The van der Waals surface area contributed by atoms with Crippen LogP contribution in [0.3, 0.4) is 0 Å². The van der Waals surface area contributed by atoms with Crippen molar-refractivity contribution in [2.75, 3.05) is 20.0 Å². The van der Waals surface area contributed by atoms with Gasteiger partial charge in [0.1, 0.15) is 11.5 Å². The van der Waals surface area contributed by atoms with Crippen molar-refractivity contribution >= 4 is 56.3 Å². The largest absolute Gasteiger partial charge is 0.494 e. The van der Waals surface area contributed by atoms with E-state index in [1.165, 1.54) is 107 Å². The molecule has 2 fully saturated rings. The van der Waals surface area contributed by atoms with Crippen molar-refractivity contribution in [1.82, 2.24) is 9.97 Å². The standard InChI is InChI=1S/C77H90N2O10/c1-5-9-15-52-19-27-56(28-20-52)58-35-39-62(40-36-58)82-43-13-14-44-83-72-47-66-70(49-74(72)88-76(80)60-31-23-54(24-32-60)17-11-7-3)86-68-46-65-69(45-64(68)78-66)87-71-50-75(89-77(81)61-33-25-55(26-34-61)18-12-8-4)73(48-67(71)79-65)85-51-84-63-41-37-59(38-42-63)57-29-21-53(22-30-57)16-10-6-2/h23-26,31-42,45-50,52-53,56-57,78-79H,5-22,27-30,43-44,51H2,1-4H3. The van der Waals surface area contributed by atoms with Crippen molar-refractivity contribution in [3.8, 4) is 34.5 Å². The molecule has 11 rings (SSSR count). The van der Waals surface area contributed by atoms with Crippen molar-refractivity contribution in [2.45, 2.75) is 181 Å². The highest BCUT2D eigenvalue weighted by Crippen LogP contribution is 2.41. The van der Waals surface area contributed by atoms with Gasteiger partial charge in [0.25, 0.3) is 0 Å². The number of carbonyl (C=O) groups is 2. The van der Waals surface area contributed by atoms with Crippen molar-refractivity contribution in [3.05, 3.63) is 167 Å². The lowest BCUT2D eigenvalue weighted by Crippen LogP contribution is -2.13. The van der Waals surface area contributed by atoms with Gasteiger partial charge in [-0.1, -0.05) is 128 Å². The summed E-state index contributed by atoms with van der Waals surface area (Å²) in [5, 5.41) is 0. The van der Waals surface area contributed by atoms with E-state index in [2.05, 4.69) is 74.1 Å². The van der Waals surface area contributed by atoms with Crippen LogP contribution in [0.25, 0.3) is 44.4 Å². The van der Waals surface area contributed by atoms with E-state index in [9.17, 15) is 9.59 Å². The highest BCUT2D eigenvalue weighted by Gasteiger charge is 2.25. The summed E-state index contributed by atoms with van der Waals surface area (Å²) in [6.07, 6.45) is 25.9. The van der Waals surface area contributed by atoms with Crippen LogP contribution in [-0.4, -0.2) is 41.9 Å². The fourth-order valence-electron chi connectivity index (χ4n) is 12.9. The summed E-state index contributed by atoms with van der Waals surface area (Å²) in [5.41, 5.74) is 10.3. The number of unbranched alkanes of at least 4 members (excludes halogenated alkanes) is 5. The Kier molecular flexibility index (Phi) is 21.7. The number of hydrogen-bond donors (Lipinski definition) is 2. The summed E-state index contributed by atoms with van der Waals surface area (Å²) in [7, 11) is 0. The molecule has 0 bridgehead atoms. The molecule has 0 atom stereocenters. The van der Waals surface area contributed by atoms with Crippen LogP contribution < -0.4 is 28.4 Å². The Morgan fingerprint density at radius 1 is 0.404 bits per heavy atom. The highest BCUT2D eigenvalue weighted by atomic mass is 16.7. The minimum atomic E-state index is -0.529. The van der Waals surface area contributed by atoms with Crippen LogP contribution in [-0.2, 0) is 12.8 Å². The summed E-state index contributed by atoms with van der Waals surface area (Å²) in [4.78, 5) is 34.7. The number of carbonyl (C=O) groups excluding carboxylic acids is 2. The molecule has 0 unspecified atom stereocenters. The molecule has 2 saturated carbocycles. The van der Waals surface area contributed by atoms with E-state index in [0.29, 0.717) is 98.5 Å². The second-order valence-corrected chi connectivity index (χ2v) is 24.9. The van der Waals surface area contributed by atoms with Gasteiger partial charge in [-0.05, 0) is 184 Å². The van der Waals surface area contributed by atoms with Crippen molar-refractivity contribution in [1.29, 1.82) is 0 Å². The molecular weight excluding hydrogens is 1110 g/mol. The number of esters is 2. The third-order valence-electron chi connectivity index (χ3n) is 18.4. The number of hydrogen-bond acceptors (Lipinski definition) is 10. The van der Waals surface area contributed by atoms with Crippen LogP contribution in [0.15, 0.2) is 142 Å². The van der Waals surface area contributed by atoms with Crippen LogP contribution in [0.5, 0.6) is 34.5 Å². The molecule has 12 heteroatoms. The molecule has 468 valence electrons. The van der Waals surface area contributed by atoms with Gasteiger partial charge in [-0.3, -0.25) is 0 Å². The molecule has 9 aromatic rings. The molecule has 0 spiro atoms. The first-order chi connectivity index (χ1) is 43.7. The fourth-order valence-corrected chi connectivity index (χ4v) is 12.9. The third-order valence-corrected chi connectivity index (χ3v) is 18.4. The number of aromatic nitrogens is 2. The quantitative estimate of drug-likeness (QED) is 0.0153. The summed E-state index contributed by atoms with van der Waals surface area (Å²) in [6.45, 7) is 9.66. The number of aryl methyl sites for hydroxylation is 2. The number of benzene rings is 7. The summed E-state index contributed by atoms with van der Waals surface area (Å²) in [5.74, 6) is 4.56. The maximum atomic E-state index is 13.8. The Morgan fingerprint density at radius 2 is 0.798 bits per heavy atom. The molecule has 2 aromatic heterocycles. The van der Waals surface area contributed by atoms with Crippen LogP contribution in [0.2, 0.25) is 0 Å². The highest BCUT2D eigenvalue weighted by molar-refractivity contribution is 5.97. The predicted octanol–water partition coefficient (Wildman–Crippen LogP) is 21.0. The zero-order chi connectivity index (χ0) is 61.3. The van der Waals surface area contributed by atoms with Crippen molar-refractivity contribution in [3.63, 3.8) is 0 Å². The van der Waals surface area contributed by atoms with E-state index < -0.39 is 11.9 Å². The monoisotopic (exact) mass is 1200 g/mol. The maximum Gasteiger partial charge on any atom is 0.343 e. The van der Waals surface area contributed by atoms with Gasteiger partial charge < -0.3 is 47.2 Å². The smallest absolute Gasteiger partial charge is 0.343 e. The molecular formula is C77H90N2O10. The first-order valence-electron chi connectivity index (χ1n) is 33.5. The maximum absolute atomic E-state index is 13.8. The minimum Gasteiger partial charge on any atom is -0.494 e. The minimum absolute atomic E-state index is 0.138. The number of fused-ring (bicyclic) bond motifs is 4. The molecule has 2 heterocycles. The number of nitrogens with one attached hydrogen (secondary N) is 2. The van der Waals surface area contributed by atoms with Gasteiger partial charge in [0, 0.05) is 36.4 Å². The Labute approximate surface area is 524 Å². The number of aromatic amines is 2. The first-order valence-corrected chi connectivity index (χ1v) is 33.5. The van der Waals surface area contributed by atoms with Gasteiger partial charge in [0.15, 0.2) is 45.3 Å². The molecule has 0 saturated heterocycles.